The minimum atomic E-state index is 0.410. The smallest absolute Gasteiger partial charge is 0.183 e. The Kier molecular flexibility index (Phi) is 2.07. The molecule has 0 saturated carbocycles. The number of nitrogens with one attached hydrogen (secondary N) is 1. The zero-order chi connectivity index (χ0) is 12.8. The number of fused-ring (bicyclic) bond motifs is 2. The number of nitrogens with two attached hydrogens (primary N) is 1. The Morgan fingerprint density at radius 2 is 2.05 bits per heavy atom. The zero-order valence-corrected chi connectivity index (χ0v) is 10.1. The van der Waals surface area contributed by atoms with E-state index < -0.39 is 0 Å². The van der Waals surface area contributed by atoms with Crippen molar-refractivity contribution in [2.75, 3.05) is 5.73 Å². The van der Waals surface area contributed by atoms with E-state index in [1.807, 2.05) is 6.07 Å². The summed E-state index contributed by atoms with van der Waals surface area (Å²) in [6, 6.07) is 6.18. The van der Waals surface area contributed by atoms with Gasteiger partial charge in [-0.15, -0.1) is 0 Å². The van der Waals surface area contributed by atoms with Gasteiger partial charge in [0.05, 0.1) is 13.2 Å². The maximum atomic E-state index is 5.80. The van der Waals surface area contributed by atoms with Crippen molar-refractivity contribution in [3.63, 3.8) is 0 Å². The summed E-state index contributed by atoms with van der Waals surface area (Å²) in [5.41, 5.74) is 10.5. The maximum Gasteiger partial charge on any atom is 0.183 e. The van der Waals surface area contributed by atoms with E-state index in [1.54, 1.807) is 0 Å². The lowest BCUT2D eigenvalue weighted by atomic mass is 10.1. The van der Waals surface area contributed by atoms with Crippen LogP contribution in [0.4, 0.5) is 5.82 Å². The summed E-state index contributed by atoms with van der Waals surface area (Å²) in [5.74, 6) is 1.16. The Hall–Kier alpha value is -2.47. The highest BCUT2D eigenvalue weighted by Gasteiger charge is 2.14. The molecule has 1 aromatic carbocycles. The summed E-state index contributed by atoms with van der Waals surface area (Å²) in [5, 5.41) is 0. The number of aromatic amines is 1. The maximum absolute atomic E-state index is 5.80. The summed E-state index contributed by atoms with van der Waals surface area (Å²) in [7, 11) is 0. The molecule has 94 valence electrons. The molecule has 4 rings (SSSR count). The van der Waals surface area contributed by atoms with Crippen molar-refractivity contribution in [1.82, 2.24) is 19.9 Å². The van der Waals surface area contributed by atoms with Gasteiger partial charge in [-0.25, -0.2) is 15.0 Å². The number of ether oxygens (including phenoxy) is 1. The Labute approximate surface area is 108 Å². The number of nitrogens with zero attached hydrogens (tertiary/aromatic N) is 3. The van der Waals surface area contributed by atoms with E-state index in [4.69, 9.17) is 10.5 Å². The Balaban J connectivity index is 1.88. The number of hydrogen-bond acceptors (Lipinski definition) is 5. The number of aromatic nitrogens is 4. The van der Waals surface area contributed by atoms with Gasteiger partial charge in [-0.2, -0.15) is 0 Å². The second-order valence-electron chi connectivity index (χ2n) is 4.52. The van der Waals surface area contributed by atoms with Gasteiger partial charge in [-0.3, -0.25) is 0 Å². The zero-order valence-electron chi connectivity index (χ0n) is 10.1. The Bertz CT molecular complexity index is 780. The first-order valence-corrected chi connectivity index (χ1v) is 5.97. The molecule has 0 atom stereocenters. The summed E-state index contributed by atoms with van der Waals surface area (Å²) in [6.45, 7) is 1.35. The van der Waals surface area contributed by atoms with E-state index in [1.165, 1.54) is 17.5 Å². The van der Waals surface area contributed by atoms with Gasteiger partial charge in [0.2, 0.25) is 0 Å². The predicted molar refractivity (Wildman–Crippen MR) is 70.0 cm³/mol. The monoisotopic (exact) mass is 253 g/mol. The number of anilines is 1. The Morgan fingerprint density at radius 1 is 1.16 bits per heavy atom. The minimum absolute atomic E-state index is 0.410. The third-order valence-corrected chi connectivity index (χ3v) is 3.31. The van der Waals surface area contributed by atoms with E-state index in [9.17, 15) is 0 Å². The summed E-state index contributed by atoms with van der Waals surface area (Å²) in [6.07, 6.45) is 1.42. The molecule has 0 saturated heterocycles. The standard InChI is InChI=1S/C13H11N5O/c14-11-10-13(16-6-15-11)18-12(17-10)7-1-2-8-4-19-5-9(8)3-7/h1-3,6H,4-5H2,(H3,14,15,16,17,18). The SMILES string of the molecule is Nc1ncnc2nc(-c3ccc4c(c3)COC4)[nH]c12. The molecular formula is C13H11N5O. The first-order chi connectivity index (χ1) is 9.31. The largest absolute Gasteiger partial charge is 0.382 e. The molecule has 0 radical (unpaired) electrons. The van der Waals surface area contributed by atoms with Crippen molar-refractivity contribution in [2.45, 2.75) is 13.2 Å². The molecule has 0 bridgehead atoms. The van der Waals surface area contributed by atoms with Gasteiger partial charge in [-0.1, -0.05) is 12.1 Å². The lowest BCUT2D eigenvalue weighted by Gasteiger charge is -2.00. The number of benzene rings is 1. The van der Waals surface area contributed by atoms with Crippen LogP contribution < -0.4 is 5.73 Å². The summed E-state index contributed by atoms with van der Waals surface area (Å²) in [4.78, 5) is 15.7. The average molecular weight is 253 g/mol. The van der Waals surface area contributed by atoms with Crippen molar-refractivity contribution in [3.05, 3.63) is 35.7 Å². The molecule has 0 amide bonds. The number of H-pyrrole nitrogens is 1. The first-order valence-electron chi connectivity index (χ1n) is 5.97. The summed E-state index contributed by atoms with van der Waals surface area (Å²) >= 11 is 0. The van der Waals surface area contributed by atoms with E-state index in [0.29, 0.717) is 30.2 Å². The van der Waals surface area contributed by atoms with Crippen LogP contribution in [-0.4, -0.2) is 19.9 Å². The van der Waals surface area contributed by atoms with Crippen LogP contribution in [0.5, 0.6) is 0 Å². The quantitative estimate of drug-likeness (QED) is 0.688. The van der Waals surface area contributed by atoms with Gasteiger partial charge < -0.3 is 15.5 Å². The first kappa shape index (κ1) is 10.5. The van der Waals surface area contributed by atoms with Crippen molar-refractivity contribution in [3.8, 4) is 11.4 Å². The van der Waals surface area contributed by atoms with Crippen LogP contribution in [0, 0.1) is 0 Å². The predicted octanol–water partition coefficient (Wildman–Crippen LogP) is 1.63. The molecule has 3 aromatic rings. The van der Waals surface area contributed by atoms with E-state index in [0.717, 1.165) is 11.4 Å². The van der Waals surface area contributed by atoms with E-state index in [-0.39, 0.29) is 0 Å². The highest BCUT2D eigenvalue weighted by atomic mass is 16.5. The number of rotatable bonds is 1. The third kappa shape index (κ3) is 1.57. The molecule has 1 aliphatic heterocycles. The average Bonchev–Trinajstić information content (AvgIpc) is 3.04. The second kappa shape index (κ2) is 3.76. The fraction of sp³-hybridized carbons (Fsp3) is 0.154. The van der Waals surface area contributed by atoms with Gasteiger partial charge >= 0.3 is 0 Å². The van der Waals surface area contributed by atoms with Gasteiger partial charge in [0.25, 0.3) is 0 Å². The minimum Gasteiger partial charge on any atom is -0.382 e. The van der Waals surface area contributed by atoms with Crippen LogP contribution in [0.25, 0.3) is 22.6 Å². The molecule has 0 spiro atoms. The van der Waals surface area contributed by atoms with Crippen LogP contribution in [-0.2, 0) is 18.0 Å². The topological polar surface area (TPSA) is 89.7 Å². The summed E-state index contributed by atoms with van der Waals surface area (Å²) < 4.78 is 5.41. The van der Waals surface area contributed by atoms with Gasteiger partial charge in [0.15, 0.2) is 11.5 Å². The molecule has 0 unspecified atom stereocenters. The van der Waals surface area contributed by atoms with Crippen molar-refractivity contribution < 1.29 is 4.74 Å². The molecular weight excluding hydrogens is 242 g/mol. The van der Waals surface area contributed by atoms with Crippen LogP contribution in [0.3, 0.4) is 0 Å². The van der Waals surface area contributed by atoms with Crippen molar-refractivity contribution >= 4 is 17.0 Å². The van der Waals surface area contributed by atoms with Crippen LogP contribution in [0.15, 0.2) is 24.5 Å². The van der Waals surface area contributed by atoms with Crippen LogP contribution >= 0.6 is 0 Å². The highest BCUT2D eigenvalue weighted by Crippen LogP contribution is 2.27. The molecule has 3 heterocycles. The molecule has 3 N–H and O–H groups in total. The molecule has 0 aliphatic carbocycles. The van der Waals surface area contributed by atoms with Gasteiger partial charge in [0.1, 0.15) is 17.7 Å². The molecule has 6 nitrogen and oxygen atoms in total. The number of imidazole rings is 1. The molecule has 6 heteroatoms. The normalized spacial score (nSPS) is 13.9. The van der Waals surface area contributed by atoms with Crippen LogP contribution in [0.1, 0.15) is 11.1 Å². The molecule has 19 heavy (non-hydrogen) atoms. The fourth-order valence-corrected chi connectivity index (χ4v) is 2.30. The van der Waals surface area contributed by atoms with Crippen LogP contribution in [0.2, 0.25) is 0 Å². The Morgan fingerprint density at radius 3 is 2.95 bits per heavy atom. The number of nitrogen functional groups attached to an aromatic ring is 1. The van der Waals surface area contributed by atoms with Crippen molar-refractivity contribution in [1.29, 1.82) is 0 Å². The lowest BCUT2D eigenvalue weighted by Crippen LogP contribution is -1.91. The molecule has 1 aliphatic rings. The van der Waals surface area contributed by atoms with Crippen molar-refractivity contribution in [2.24, 2.45) is 0 Å². The third-order valence-electron chi connectivity index (χ3n) is 3.31. The lowest BCUT2D eigenvalue weighted by molar-refractivity contribution is 0.134. The molecule has 0 fully saturated rings. The molecule has 2 aromatic heterocycles. The van der Waals surface area contributed by atoms with E-state index in [2.05, 4.69) is 32.1 Å². The highest BCUT2D eigenvalue weighted by molar-refractivity contribution is 5.84. The number of hydrogen-bond donors (Lipinski definition) is 2. The van der Waals surface area contributed by atoms with Gasteiger partial charge in [0, 0.05) is 5.56 Å². The second-order valence-corrected chi connectivity index (χ2v) is 4.52. The van der Waals surface area contributed by atoms with E-state index >= 15 is 0 Å². The van der Waals surface area contributed by atoms with Gasteiger partial charge in [-0.05, 0) is 17.2 Å². The fourth-order valence-electron chi connectivity index (χ4n) is 2.30.